The number of thioether (sulfide) groups is 1. The zero-order valence-corrected chi connectivity index (χ0v) is 15.2. The number of nitrogens with zero attached hydrogens (tertiary/aromatic N) is 1. The average molecular weight is 329 g/mol. The summed E-state index contributed by atoms with van der Waals surface area (Å²) in [6, 6.07) is 0.590. The molecule has 0 spiro atoms. The molecule has 1 N–H and O–H groups in total. The van der Waals surface area contributed by atoms with E-state index in [1.54, 1.807) is 0 Å². The lowest BCUT2D eigenvalue weighted by Crippen LogP contribution is -2.65. The second-order valence-electron chi connectivity index (χ2n) is 7.56. The van der Waals surface area contributed by atoms with E-state index < -0.39 is 0 Å². The molecular weight excluding hydrogens is 296 g/mol. The first kappa shape index (κ1) is 17.0. The van der Waals surface area contributed by atoms with Crippen molar-refractivity contribution < 1.29 is 9.47 Å². The molecule has 3 aliphatic rings. The lowest BCUT2D eigenvalue weighted by atomic mass is 9.64. The monoisotopic (exact) mass is 328 g/mol. The molecule has 0 aromatic heterocycles. The van der Waals surface area contributed by atoms with E-state index in [9.17, 15) is 0 Å². The summed E-state index contributed by atoms with van der Waals surface area (Å²) in [6.45, 7) is 12.7. The Hall–Kier alpha value is 0.190. The smallest absolute Gasteiger partial charge is 0.0655 e. The van der Waals surface area contributed by atoms with Gasteiger partial charge in [-0.2, -0.15) is 11.8 Å². The predicted molar refractivity (Wildman–Crippen MR) is 92.7 cm³/mol. The normalized spacial score (nSPS) is 38.9. The first-order chi connectivity index (χ1) is 10.6. The molecule has 0 aromatic rings. The van der Waals surface area contributed by atoms with Crippen molar-refractivity contribution in [2.75, 3.05) is 51.0 Å². The summed E-state index contributed by atoms with van der Waals surface area (Å²) in [5, 5.41) is 3.90. The summed E-state index contributed by atoms with van der Waals surface area (Å²) in [7, 11) is 0. The maximum absolute atomic E-state index is 5.87. The van der Waals surface area contributed by atoms with Gasteiger partial charge in [0.1, 0.15) is 0 Å². The van der Waals surface area contributed by atoms with Gasteiger partial charge in [0.2, 0.25) is 0 Å². The summed E-state index contributed by atoms with van der Waals surface area (Å²) in [4.78, 5) is 2.69. The van der Waals surface area contributed by atoms with E-state index in [0.717, 1.165) is 45.9 Å². The first-order valence-corrected chi connectivity index (χ1v) is 9.99. The molecule has 2 saturated heterocycles. The molecule has 2 aliphatic heterocycles. The van der Waals surface area contributed by atoms with E-state index in [0.29, 0.717) is 17.7 Å². The van der Waals surface area contributed by atoms with Crippen LogP contribution in [0.4, 0.5) is 0 Å². The van der Waals surface area contributed by atoms with Crippen LogP contribution in [0, 0.1) is 5.41 Å². The minimum atomic E-state index is 0.258. The molecule has 3 atom stereocenters. The molecule has 3 rings (SSSR count). The first-order valence-electron chi connectivity index (χ1n) is 8.84. The third kappa shape index (κ3) is 3.20. The van der Waals surface area contributed by atoms with Gasteiger partial charge >= 0.3 is 0 Å². The van der Waals surface area contributed by atoms with Crippen LogP contribution < -0.4 is 5.32 Å². The standard InChI is InChI=1S/C17H32N2O2S/c1-4-21-15-11-14(16(15,2)3)18-12-17(5-10-22-13-17)19-6-8-20-9-7-19/h14-15,18H,4-13H2,1-3H3. The highest BCUT2D eigenvalue weighted by atomic mass is 32.2. The average Bonchev–Trinajstić information content (AvgIpc) is 3.01. The van der Waals surface area contributed by atoms with Gasteiger partial charge in [0.15, 0.2) is 0 Å². The fourth-order valence-electron chi connectivity index (χ4n) is 4.16. The van der Waals surface area contributed by atoms with E-state index in [2.05, 4.69) is 42.7 Å². The third-order valence-corrected chi connectivity index (χ3v) is 7.22. The summed E-state index contributed by atoms with van der Waals surface area (Å²) >= 11 is 2.11. The minimum absolute atomic E-state index is 0.258. The van der Waals surface area contributed by atoms with Crippen molar-refractivity contribution in [1.82, 2.24) is 10.2 Å². The molecule has 1 aliphatic carbocycles. The van der Waals surface area contributed by atoms with Crippen LogP contribution in [0.3, 0.4) is 0 Å². The molecule has 128 valence electrons. The molecule has 0 radical (unpaired) electrons. The highest BCUT2D eigenvalue weighted by Gasteiger charge is 2.50. The van der Waals surface area contributed by atoms with Crippen molar-refractivity contribution in [2.45, 2.75) is 51.3 Å². The lowest BCUT2D eigenvalue weighted by molar-refractivity contribution is -0.117. The van der Waals surface area contributed by atoms with Crippen LogP contribution in [-0.4, -0.2) is 73.5 Å². The highest BCUT2D eigenvalue weighted by Crippen LogP contribution is 2.43. The Kier molecular flexibility index (Phi) is 5.40. The quantitative estimate of drug-likeness (QED) is 0.806. The molecule has 4 nitrogen and oxygen atoms in total. The van der Waals surface area contributed by atoms with Crippen molar-refractivity contribution in [3.8, 4) is 0 Å². The van der Waals surface area contributed by atoms with Crippen LogP contribution in [0.25, 0.3) is 0 Å². The van der Waals surface area contributed by atoms with Crippen LogP contribution in [-0.2, 0) is 9.47 Å². The Morgan fingerprint density at radius 1 is 1.32 bits per heavy atom. The van der Waals surface area contributed by atoms with Crippen molar-refractivity contribution in [3.05, 3.63) is 0 Å². The van der Waals surface area contributed by atoms with Gasteiger partial charge in [-0.3, -0.25) is 4.90 Å². The molecule has 5 heteroatoms. The summed E-state index contributed by atoms with van der Waals surface area (Å²) in [5.74, 6) is 2.57. The van der Waals surface area contributed by atoms with Gasteiger partial charge in [-0.05, 0) is 25.5 Å². The van der Waals surface area contributed by atoms with Crippen molar-refractivity contribution in [3.63, 3.8) is 0 Å². The number of hydrogen-bond donors (Lipinski definition) is 1. The van der Waals surface area contributed by atoms with Crippen molar-refractivity contribution >= 4 is 11.8 Å². The molecule has 1 saturated carbocycles. The summed E-state index contributed by atoms with van der Waals surface area (Å²) in [6.07, 6.45) is 2.90. The second-order valence-corrected chi connectivity index (χ2v) is 8.67. The molecular formula is C17H32N2O2S. The van der Waals surface area contributed by atoms with Gasteiger partial charge in [0, 0.05) is 49.0 Å². The topological polar surface area (TPSA) is 33.7 Å². The highest BCUT2D eigenvalue weighted by molar-refractivity contribution is 7.99. The van der Waals surface area contributed by atoms with Gasteiger partial charge in [-0.15, -0.1) is 0 Å². The molecule has 3 fully saturated rings. The molecule has 0 bridgehead atoms. The Labute approximate surface area is 139 Å². The number of hydrogen-bond acceptors (Lipinski definition) is 5. The maximum Gasteiger partial charge on any atom is 0.0655 e. The van der Waals surface area contributed by atoms with E-state index in [1.165, 1.54) is 17.9 Å². The van der Waals surface area contributed by atoms with E-state index in [-0.39, 0.29) is 5.41 Å². The van der Waals surface area contributed by atoms with Crippen molar-refractivity contribution in [1.29, 1.82) is 0 Å². The molecule has 22 heavy (non-hydrogen) atoms. The minimum Gasteiger partial charge on any atom is -0.379 e. The number of rotatable bonds is 6. The van der Waals surface area contributed by atoms with Crippen LogP contribution in [0.15, 0.2) is 0 Å². The summed E-state index contributed by atoms with van der Waals surface area (Å²) in [5.41, 5.74) is 0.606. The second kappa shape index (κ2) is 6.98. The Bertz CT molecular complexity index is 366. The van der Waals surface area contributed by atoms with E-state index in [1.807, 2.05) is 0 Å². The fraction of sp³-hybridized carbons (Fsp3) is 1.00. The third-order valence-electron chi connectivity index (χ3n) is 5.99. The van der Waals surface area contributed by atoms with E-state index in [4.69, 9.17) is 9.47 Å². The van der Waals surface area contributed by atoms with Gasteiger partial charge < -0.3 is 14.8 Å². The molecule has 3 unspecified atom stereocenters. The Balaban J connectivity index is 1.56. The van der Waals surface area contributed by atoms with Crippen molar-refractivity contribution in [2.24, 2.45) is 5.41 Å². The Morgan fingerprint density at radius 3 is 2.68 bits per heavy atom. The summed E-state index contributed by atoms with van der Waals surface area (Å²) < 4.78 is 11.4. The number of nitrogens with one attached hydrogen (secondary N) is 1. The number of morpholine rings is 1. The molecule has 0 amide bonds. The predicted octanol–water partition coefficient (Wildman–Crippen LogP) is 1.99. The Morgan fingerprint density at radius 2 is 2.09 bits per heavy atom. The molecule has 0 aromatic carbocycles. The van der Waals surface area contributed by atoms with Gasteiger partial charge in [-0.1, -0.05) is 13.8 Å². The molecule has 2 heterocycles. The van der Waals surface area contributed by atoms with E-state index >= 15 is 0 Å². The number of ether oxygens (including phenoxy) is 2. The van der Waals surface area contributed by atoms with Crippen LogP contribution in [0.2, 0.25) is 0 Å². The maximum atomic E-state index is 5.87. The largest absolute Gasteiger partial charge is 0.379 e. The zero-order chi connectivity index (χ0) is 15.6. The fourth-order valence-corrected chi connectivity index (χ4v) is 5.64. The van der Waals surface area contributed by atoms with Gasteiger partial charge in [0.25, 0.3) is 0 Å². The van der Waals surface area contributed by atoms with Gasteiger partial charge in [-0.25, -0.2) is 0 Å². The SMILES string of the molecule is CCOC1CC(NCC2(N3CCOCC3)CCSC2)C1(C)C. The van der Waals surface area contributed by atoms with Crippen LogP contribution >= 0.6 is 11.8 Å². The van der Waals surface area contributed by atoms with Crippen LogP contribution in [0.1, 0.15) is 33.6 Å². The van der Waals surface area contributed by atoms with Gasteiger partial charge in [0.05, 0.1) is 19.3 Å². The van der Waals surface area contributed by atoms with Crippen LogP contribution in [0.5, 0.6) is 0 Å². The zero-order valence-electron chi connectivity index (χ0n) is 14.4. The lowest BCUT2D eigenvalue weighted by Gasteiger charge is -2.53.